The van der Waals surface area contributed by atoms with Crippen LogP contribution < -0.4 is 9.64 Å². The first-order chi connectivity index (χ1) is 8.63. The second kappa shape index (κ2) is 5.41. The first-order valence-corrected chi connectivity index (χ1v) is 5.86. The Morgan fingerprint density at radius 2 is 2.11 bits per heavy atom. The number of nitrogens with zero attached hydrogens (tertiary/aromatic N) is 2. The van der Waals surface area contributed by atoms with Gasteiger partial charge >= 0.3 is 0 Å². The van der Waals surface area contributed by atoms with Crippen molar-refractivity contribution in [2.45, 2.75) is 0 Å². The van der Waals surface area contributed by atoms with Crippen molar-refractivity contribution < 1.29 is 14.4 Å². The van der Waals surface area contributed by atoms with Crippen LogP contribution in [0.1, 0.15) is 0 Å². The predicted molar refractivity (Wildman–Crippen MR) is 67.7 cm³/mol. The number of nitro benzene ring substituents is 1. The molecule has 0 spiro atoms. The van der Waals surface area contributed by atoms with E-state index in [4.69, 9.17) is 21.1 Å². The molecule has 1 heterocycles. The first-order valence-electron chi connectivity index (χ1n) is 5.48. The summed E-state index contributed by atoms with van der Waals surface area (Å²) in [5.74, 6) is 0.434. The fraction of sp³-hybridized carbons (Fsp3) is 0.455. The Bertz CT molecular complexity index is 461. The number of nitro groups is 1. The lowest BCUT2D eigenvalue weighted by Gasteiger charge is -2.28. The fourth-order valence-electron chi connectivity index (χ4n) is 1.89. The topological polar surface area (TPSA) is 64.8 Å². The molecule has 0 saturated carbocycles. The van der Waals surface area contributed by atoms with E-state index in [0.29, 0.717) is 37.7 Å². The molecule has 0 N–H and O–H groups in total. The van der Waals surface area contributed by atoms with Gasteiger partial charge in [0, 0.05) is 25.2 Å². The van der Waals surface area contributed by atoms with Gasteiger partial charge in [0.15, 0.2) is 0 Å². The molecule has 0 amide bonds. The van der Waals surface area contributed by atoms with Gasteiger partial charge in [-0.05, 0) is 0 Å². The van der Waals surface area contributed by atoms with E-state index >= 15 is 0 Å². The molecule has 6 nitrogen and oxygen atoms in total. The number of hydrogen-bond donors (Lipinski definition) is 0. The molecular weight excluding hydrogens is 260 g/mol. The molecule has 0 bridgehead atoms. The van der Waals surface area contributed by atoms with Crippen molar-refractivity contribution in [3.63, 3.8) is 0 Å². The lowest BCUT2D eigenvalue weighted by Crippen LogP contribution is -2.36. The molecule has 1 aliphatic heterocycles. The van der Waals surface area contributed by atoms with Gasteiger partial charge in [-0.25, -0.2) is 0 Å². The van der Waals surface area contributed by atoms with Crippen molar-refractivity contribution in [1.82, 2.24) is 0 Å². The largest absolute Gasteiger partial charge is 0.495 e. The Morgan fingerprint density at radius 3 is 2.67 bits per heavy atom. The molecule has 0 radical (unpaired) electrons. The van der Waals surface area contributed by atoms with E-state index in [1.54, 1.807) is 6.07 Å². The van der Waals surface area contributed by atoms with E-state index in [0.717, 1.165) is 0 Å². The highest BCUT2D eigenvalue weighted by Gasteiger charge is 2.24. The average molecular weight is 273 g/mol. The zero-order valence-electron chi connectivity index (χ0n) is 9.89. The van der Waals surface area contributed by atoms with Crippen LogP contribution in [0, 0.1) is 10.1 Å². The highest BCUT2D eigenvalue weighted by molar-refractivity contribution is 6.32. The summed E-state index contributed by atoms with van der Waals surface area (Å²) >= 11 is 5.91. The Kier molecular flexibility index (Phi) is 3.88. The third kappa shape index (κ3) is 2.49. The summed E-state index contributed by atoms with van der Waals surface area (Å²) < 4.78 is 10.3. The van der Waals surface area contributed by atoms with Crippen LogP contribution >= 0.6 is 11.6 Å². The van der Waals surface area contributed by atoms with Gasteiger partial charge in [0.1, 0.15) is 11.4 Å². The van der Waals surface area contributed by atoms with Crippen molar-refractivity contribution in [1.29, 1.82) is 0 Å². The number of morpholine rings is 1. The summed E-state index contributed by atoms with van der Waals surface area (Å²) in [7, 11) is 1.48. The highest BCUT2D eigenvalue weighted by atomic mass is 35.5. The Balaban J connectivity index is 2.44. The zero-order valence-corrected chi connectivity index (χ0v) is 10.6. The van der Waals surface area contributed by atoms with Crippen LogP contribution in [0.4, 0.5) is 11.4 Å². The molecule has 1 aliphatic rings. The molecule has 98 valence electrons. The average Bonchev–Trinajstić information content (AvgIpc) is 2.39. The molecule has 1 fully saturated rings. The van der Waals surface area contributed by atoms with E-state index in [1.807, 2.05) is 4.90 Å². The summed E-state index contributed by atoms with van der Waals surface area (Å²) in [5, 5.41) is 11.3. The van der Waals surface area contributed by atoms with Gasteiger partial charge in [-0.3, -0.25) is 10.1 Å². The molecule has 0 aromatic heterocycles. The smallest absolute Gasteiger partial charge is 0.294 e. The summed E-state index contributed by atoms with van der Waals surface area (Å²) in [5.41, 5.74) is 0.507. The quantitative estimate of drug-likeness (QED) is 0.623. The van der Waals surface area contributed by atoms with E-state index in [1.165, 1.54) is 13.2 Å². The summed E-state index contributed by atoms with van der Waals surface area (Å²) in [4.78, 5) is 12.5. The first kappa shape index (κ1) is 12.9. The maximum atomic E-state index is 11.1. The van der Waals surface area contributed by atoms with E-state index in [-0.39, 0.29) is 10.7 Å². The lowest BCUT2D eigenvalue weighted by atomic mass is 10.2. The van der Waals surface area contributed by atoms with Crippen LogP contribution in [0.15, 0.2) is 12.1 Å². The second-order valence-electron chi connectivity index (χ2n) is 3.83. The number of methoxy groups -OCH3 is 1. The van der Waals surface area contributed by atoms with Crippen LogP contribution in [0.2, 0.25) is 5.02 Å². The number of hydrogen-bond acceptors (Lipinski definition) is 5. The Hall–Kier alpha value is -1.53. The van der Waals surface area contributed by atoms with Crippen LogP contribution in [0.3, 0.4) is 0 Å². The van der Waals surface area contributed by atoms with Gasteiger partial charge in [0.2, 0.25) is 0 Å². The number of anilines is 1. The minimum atomic E-state index is -0.434. The minimum absolute atomic E-state index is 0.0114. The SMILES string of the molecule is COc1cc(N2CCOCC2)c([N+](=O)[O-])cc1Cl. The van der Waals surface area contributed by atoms with Crippen LogP contribution in [0.25, 0.3) is 0 Å². The van der Waals surface area contributed by atoms with E-state index < -0.39 is 4.92 Å². The van der Waals surface area contributed by atoms with E-state index in [9.17, 15) is 10.1 Å². The molecule has 0 aliphatic carbocycles. The van der Waals surface area contributed by atoms with Crippen molar-refractivity contribution in [3.05, 3.63) is 27.3 Å². The molecular formula is C11H13ClN2O4. The molecule has 0 unspecified atom stereocenters. The number of halogens is 1. The van der Waals surface area contributed by atoms with Gasteiger partial charge in [-0.2, -0.15) is 0 Å². The standard InChI is InChI=1S/C11H13ClN2O4/c1-17-11-7-9(13-2-4-18-5-3-13)10(14(15)16)6-8(11)12/h6-7H,2-5H2,1H3. The third-order valence-corrected chi connectivity index (χ3v) is 3.09. The second-order valence-corrected chi connectivity index (χ2v) is 4.24. The van der Waals surface area contributed by atoms with Crippen LogP contribution in [-0.2, 0) is 4.74 Å². The molecule has 2 rings (SSSR count). The number of ether oxygens (including phenoxy) is 2. The molecule has 1 aromatic carbocycles. The molecule has 1 aromatic rings. The summed E-state index contributed by atoms with van der Waals surface area (Å²) in [6, 6.07) is 2.93. The van der Waals surface area contributed by atoms with Gasteiger partial charge in [0.05, 0.1) is 30.3 Å². The lowest BCUT2D eigenvalue weighted by molar-refractivity contribution is -0.384. The van der Waals surface area contributed by atoms with Crippen LogP contribution in [0.5, 0.6) is 5.75 Å². The van der Waals surface area contributed by atoms with Crippen molar-refractivity contribution in [2.75, 3.05) is 38.3 Å². The van der Waals surface area contributed by atoms with Crippen molar-refractivity contribution in [2.24, 2.45) is 0 Å². The normalized spacial score (nSPS) is 15.6. The van der Waals surface area contributed by atoms with Crippen molar-refractivity contribution >= 4 is 23.0 Å². The third-order valence-electron chi connectivity index (χ3n) is 2.80. The molecule has 18 heavy (non-hydrogen) atoms. The monoisotopic (exact) mass is 272 g/mol. The number of benzene rings is 1. The Morgan fingerprint density at radius 1 is 1.44 bits per heavy atom. The zero-order chi connectivity index (χ0) is 13.1. The van der Waals surface area contributed by atoms with Gasteiger partial charge in [0.25, 0.3) is 5.69 Å². The maximum Gasteiger partial charge on any atom is 0.294 e. The molecule has 7 heteroatoms. The van der Waals surface area contributed by atoms with E-state index in [2.05, 4.69) is 0 Å². The summed E-state index contributed by atoms with van der Waals surface area (Å²) in [6.07, 6.45) is 0. The Labute approximate surface area is 109 Å². The fourth-order valence-corrected chi connectivity index (χ4v) is 2.13. The van der Waals surface area contributed by atoms with Gasteiger partial charge in [-0.15, -0.1) is 0 Å². The van der Waals surface area contributed by atoms with Crippen LogP contribution in [-0.4, -0.2) is 38.3 Å². The molecule has 1 saturated heterocycles. The predicted octanol–water partition coefficient (Wildman–Crippen LogP) is 2.09. The maximum absolute atomic E-state index is 11.1. The van der Waals surface area contributed by atoms with Gasteiger partial charge in [-0.1, -0.05) is 11.6 Å². The van der Waals surface area contributed by atoms with Crippen molar-refractivity contribution in [3.8, 4) is 5.75 Å². The number of rotatable bonds is 3. The summed E-state index contributed by atoms with van der Waals surface area (Å²) in [6.45, 7) is 2.35. The molecule has 0 atom stereocenters. The minimum Gasteiger partial charge on any atom is -0.495 e. The highest BCUT2D eigenvalue weighted by Crippen LogP contribution is 2.37. The van der Waals surface area contributed by atoms with Gasteiger partial charge < -0.3 is 14.4 Å².